The van der Waals surface area contributed by atoms with E-state index in [1.807, 2.05) is 6.92 Å². The van der Waals surface area contributed by atoms with Crippen molar-refractivity contribution in [1.29, 1.82) is 0 Å². The first-order valence-electron chi connectivity index (χ1n) is 6.78. The number of rotatable bonds is 3. The Balaban J connectivity index is 2.13. The lowest BCUT2D eigenvalue weighted by atomic mass is 10.2. The molecule has 0 aliphatic heterocycles. The molecule has 1 saturated carbocycles. The molecule has 0 spiro atoms. The molecule has 1 fully saturated rings. The molecule has 4 nitrogen and oxygen atoms in total. The summed E-state index contributed by atoms with van der Waals surface area (Å²) < 4.78 is 23.7. The molecule has 1 aromatic rings. The van der Waals surface area contributed by atoms with E-state index in [1.54, 1.807) is 45.0 Å². The van der Waals surface area contributed by atoms with Crippen LogP contribution in [0.5, 0.6) is 0 Å². The van der Waals surface area contributed by atoms with Crippen LogP contribution in [0.3, 0.4) is 0 Å². The number of hydrogen-bond donors (Lipinski definition) is 1. The summed E-state index contributed by atoms with van der Waals surface area (Å²) in [7, 11) is -3.35. The van der Waals surface area contributed by atoms with Gasteiger partial charge < -0.3 is 5.32 Å². The molecule has 1 aliphatic rings. The van der Waals surface area contributed by atoms with Gasteiger partial charge in [0.15, 0.2) is 9.84 Å². The summed E-state index contributed by atoms with van der Waals surface area (Å²) in [5.41, 5.74) is 0.641. The van der Waals surface area contributed by atoms with Gasteiger partial charge in [0.05, 0.1) is 9.64 Å². The van der Waals surface area contributed by atoms with E-state index in [1.165, 1.54) is 0 Å². The minimum atomic E-state index is -3.35. The van der Waals surface area contributed by atoms with Crippen LogP contribution in [-0.4, -0.2) is 19.1 Å². The standard InChI is InChI=1S/C15H21NO3S/c1-10-9-13(10)14(17)16-11-5-7-12(8-6-11)20(18,19)15(2,3)4/h5-8,10,13H,9H2,1-4H3,(H,16,17)/t10-,13+/m1/s1. The maximum atomic E-state index is 12.3. The number of carbonyl (C=O) groups is 1. The Morgan fingerprint density at radius 3 is 2.10 bits per heavy atom. The molecule has 2 rings (SSSR count). The molecule has 20 heavy (non-hydrogen) atoms. The molecule has 5 heteroatoms. The summed E-state index contributed by atoms with van der Waals surface area (Å²) in [4.78, 5) is 12.1. The van der Waals surface area contributed by atoms with Crippen LogP contribution in [0.25, 0.3) is 0 Å². The monoisotopic (exact) mass is 295 g/mol. The van der Waals surface area contributed by atoms with E-state index in [4.69, 9.17) is 0 Å². The Morgan fingerprint density at radius 2 is 1.70 bits per heavy atom. The number of benzene rings is 1. The average molecular weight is 295 g/mol. The molecule has 0 unspecified atom stereocenters. The van der Waals surface area contributed by atoms with E-state index in [-0.39, 0.29) is 16.7 Å². The second kappa shape index (κ2) is 4.88. The highest BCUT2D eigenvalue weighted by Crippen LogP contribution is 2.38. The van der Waals surface area contributed by atoms with E-state index in [0.29, 0.717) is 11.6 Å². The first-order chi connectivity index (χ1) is 9.13. The Labute approximate surface area is 120 Å². The van der Waals surface area contributed by atoms with Crippen molar-refractivity contribution in [2.45, 2.75) is 43.8 Å². The molecule has 0 radical (unpaired) electrons. The minimum absolute atomic E-state index is 0.0175. The quantitative estimate of drug-likeness (QED) is 0.932. The zero-order valence-corrected chi connectivity index (χ0v) is 13.1. The summed E-state index contributed by atoms with van der Waals surface area (Å²) in [5.74, 6) is 0.576. The largest absolute Gasteiger partial charge is 0.326 e. The van der Waals surface area contributed by atoms with Crippen LogP contribution in [0.2, 0.25) is 0 Å². The fraction of sp³-hybridized carbons (Fsp3) is 0.533. The number of hydrogen-bond acceptors (Lipinski definition) is 3. The number of sulfone groups is 1. The average Bonchev–Trinajstić information content (AvgIpc) is 3.06. The maximum absolute atomic E-state index is 12.3. The van der Waals surface area contributed by atoms with E-state index in [2.05, 4.69) is 5.32 Å². The highest BCUT2D eigenvalue weighted by Gasteiger charge is 2.39. The van der Waals surface area contributed by atoms with Crippen LogP contribution in [0.4, 0.5) is 5.69 Å². The van der Waals surface area contributed by atoms with Crippen molar-refractivity contribution in [2.75, 3.05) is 5.32 Å². The van der Waals surface area contributed by atoms with Crippen molar-refractivity contribution in [3.8, 4) is 0 Å². The first-order valence-corrected chi connectivity index (χ1v) is 8.27. The molecule has 0 aromatic heterocycles. The smallest absolute Gasteiger partial charge is 0.227 e. The van der Waals surface area contributed by atoms with Crippen LogP contribution in [0.15, 0.2) is 29.2 Å². The van der Waals surface area contributed by atoms with Crippen LogP contribution in [0.1, 0.15) is 34.1 Å². The van der Waals surface area contributed by atoms with E-state index in [9.17, 15) is 13.2 Å². The number of carbonyl (C=O) groups excluding carboxylic acids is 1. The Bertz CT molecular complexity index is 612. The van der Waals surface area contributed by atoms with E-state index in [0.717, 1.165) is 6.42 Å². The zero-order chi connectivity index (χ0) is 15.1. The van der Waals surface area contributed by atoms with Gasteiger partial charge in [-0.05, 0) is 57.4 Å². The summed E-state index contributed by atoms with van der Waals surface area (Å²) in [6, 6.07) is 6.38. The highest BCUT2D eigenvalue weighted by molar-refractivity contribution is 7.92. The maximum Gasteiger partial charge on any atom is 0.227 e. The predicted octanol–water partition coefficient (Wildman–Crippen LogP) is 2.85. The Hall–Kier alpha value is -1.36. The SMILES string of the molecule is C[C@@H]1C[C@@H]1C(=O)Nc1ccc(S(=O)(=O)C(C)(C)C)cc1. The van der Waals surface area contributed by atoms with Gasteiger partial charge in [-0.3, -0.25) is 4.79 Å². The lowest BCUT2D eigenvalue weighted by Gasteiger charge is -2.19. The zero-order valence-electron chi connectivity index (χ0n) is 12.3. The Morgan fingerprint density at radius 1 is 1.20 bits per heavy atom. The minimum Gasteiger partial charge on any atom is -0.326 e. The molecule has 1 amide bonds. The molecular formula is C15H21NO3S. The van der Waals surface area contributed by atoms with Crippen LogP contribution in [-0.2, 0) is 14.6 Å². The van der Waals surface area contributed by atoms with Crippen molar-refractivity contribution in [2.24, 2.45) is 11.8 Å². The van der Waals surface area contributed by atoms with Gasteiger partial charge in [0.1, 0.15) is 0 Å². The second-order valence-corrected chi connectivity index (χ2v) is 9.15. The van der Waals surface area contributed by atoms with Crippen LogP contribution >= 0.6 is 0 Å². The van der Waals surface area contributed by atoms with Crippen LogP contribution < -0.4 is 5.32 Å². The van der Waals surface area contributed by atoms with Gasteiger partial charge in [0.25, 0.3) is 0 Å². The summed E-state index contributed by atoms with van der Waals surface area (Å²) in [6.07, 6.45) is 0.933. The van der Waals surface area contributed by atoms with Crippen molar-refractivity contribution >= 4 is 21.4 Å². The number of amides is 1. The van der Waals surface area contributed by atoms with Gasteiger partial charge in [0.2, 0.25) is 5.91 Å². The van der Waals surface area contributed by atoms with Crippen molar-refractivity contribution in [3.05, 3.63) is 24.3 Å². The molecule has 0 saturated heterocycles. The summed E-state index contributed by atoms with van der Waals surface area (Å²) >= 11 is 0. The van der Waals surface area contributed by atoms with E-state index < -0.39 is 14.6 Å². The van der Waals surface area contributed by atoms with Crippen molar-refractivity contribution < 1.29 is 13.2 Å². The highest BCUT2D eigenvalue weighted by atomic mass is 32.2. The fourth-order valence-electron chi connectivity index (χ4n) is 1.99. The number of anilines is 1. The second-order valence-electron chi connectivity index (χ2n) is 6.45. The van der Waals surface area contributed by atoms with Gasteiger partial charge in [0, 0.05) is 11.6 Å². The van der Waals surface area contributed by atoms with Crippen molar-refractivity contribution in [3.63, 3.8) is 0 Å². The number of nitrogens with one attached hydrogen (secondary N) is 1. The molecular weight excluding hydrogens is 274 g/mol. The van der Waals surface area contributed by atoms with Gasteiger partial charge in [-0.15, -0.1) is 0 Å². The lowest BCUT2D eigenvalue weighted by molar-refractivity contribution is -0.117. The first kappa shape index (κ1) is 15.0. The normalized spacial score (nSPS) is 22.4. The fourth-order valence-corrected chi connectivity index (χ4v) is 3.19. The summed E-state index contributed by atoms with van der Waals surface area (Å²) in [5, 5.41) is 2.82. The van der Waals surface area contributed by atoms with Crippen molar-refractivity contribution in [1.82, 2.24) is 0 Å². The third-order valence-electron chi connectivity index (χ3n) is 3.68. The molecule has 1 N–H and O–H groups in total. The predicted molar refractivity (Wildman–Crippen MR) is 79.3 cm³/mol. The molecule has 0 heterocycles. The molecule has 110 valence electrons. The van der Waals surface area contributed by atoms with Gasteiger partial charge in [-0.1, -0.05) is 6.92 Å². The third-order valence-corrected chi connectivity index (χ3v) is 6.19. The van der Waals surface area contributed by atoms with Gasteiger partial charge >= 0.3 is 0 Å². The van der Waals surface area contributed by atoms with E-state index >= 15 is 0 Å². The third kappa shape index (κ3) is 2.87. The van der Waals surface area contributed by atoms with Gasteiger partial charge in [-0.2, -0.15) is 0 Å². The molecule has 1 aliphatic carbocycles. The molecule has 2 atom stereocenters. The summed E-state index contributed by atoms with van der Waals surface area (Å²) in [6.45, 7) is 7.06. The lowest BCUT2D eigenvalue weighted by Crippen LogP contribution is -2.27. The van der Waals surface area contributed by atoms with Crippen LogP contribution in [0, 0.1) is 11.8 Å². The topological polar surface area (TPSA) is 63.2 Å². The molecule has 1 aromatic carbocycles. The molecule has 0 bridgehead atoms. The van der Waals surface area contributed by atoms with Gasteiger partial charge in [-0.25, -0.2) is 8.42 Å². The Kier molecular flexibility index (Phi) is 3.67.